The molecule has 0 heterocycles. The molecule has 2 amide bonds. The van der Waals surface area contributed by atoms with Crippen LogP contribution in [0, 0.1) is 11.8 Å². The minimum absolute atomic E-state index is 0.0136. The van der Waals surface area contributed by atoms with Gasteiger partial charge in [0, 0.05) is 12.6 Å². The zero-order valence-electron chi connectivity index (χ0n) is 15.8. The molecule has 6 nitrogen and oxygen atoms in total. The van der Waals surface area contributed by atoms with Gasteiger partial charge in [0.05, 0.1) is 17.0 Å². The molecule has 2 N–H and O–H groups in total. The van der Waals surface area contributed by atoms with E-state index in [2.05, 4.69) is 24.5 Å². The number of hydrogen-bond acceptors (Lipinski definition) is 4. The summed E-state index contributed by atoms with van der Waals surface area (Å²) in [4.78, 5) is 35.7. The van der Waals surface area contributed by atoms with E-state index in [1.807, 2.05) is 0 Å². The Kier molecular flexibility index (Phi) is 8.10. The fraction of sp³-hybridized carbons (Fsp3) is 0.550. The molecule has 0 aromatic heterocycles. The molecule has 1 fully saturated rings. The van der Waals surface area contributed by atoms with Crippen LogP contribution >= 0.6 is 11.6 Å². The van der Waals surface area contributed by atoms with Crippen molar-refractivity contribution in [3.63, 3.8) is 0 Å². The van der Waals surface area contributed by atoms with Crippen molar-refractivity contribution in [2.75, 3.05) is 13.2 Å². The SMILES string of the molecule is C[C@H]1[C@H](C)CCC[C@H]1NC(=O)COC(=O)CCNC(=O)c1ccccc1Cl. The van der Waals surface area contributed by atoms with Gasteiger partial charge in [0.2, 0.25) is 0 Å². The second-order valence-corrected chi connectivity index (χ2v) is 7.49. The standard InChI is InChI=1S/C20H27ClN2O4/c1-13-6-5-9-17(14(13)2)23-18(24)12-27-19(25)10-11-22-20(26)15-7-3-4-8-16(15)21/h3-4,7-8,13-14,17H,5-6,9-12H2,1-2H3,(H,22,26)(H,23,24)/t13-,14+,17-/m1/s1. The van der Waals surface area contributed by atoms with Crippen molar-refractivity contribution in [2.45, 2.75) is 45.6 Å². The van der Waals surface area contributed by atoms with E-state index in [4.69, 9.17) is 16.3 Å². The number of carbonyl (C=O) groups excluding carboxylic acids is 3. The number of carbonyl (C=O) groups is 3. The molecule has 1 saturated carbocycles. The number of ether oxygens (including phenoxy) is 1. The van der Waals surface area contributed by atoms with Crippen molar-refractivity contribution in [3.8, 4) is 0 Å². The third-order valence-corrected chi connectivity index (χ3v) is 5.48. The first kappa shape index (κ1) is 21.2. The Morgan fingerprint density at radius 1 is 1.19 bits per heavy atom. The van der Waals surface area contributed by atoms with Crippen molar-refractivity contribution >= 4 is 29.4 Å². The summed E-state index contributed by atoms with van der Waals surface area (Å²) in [5, 5.41) is 5.91. The lowest BCUT2D eigenvalue weighted by Crippen LogP contribution is -2.45. The minimum Gasteiger partial charge on any atom is -0.456 e. The van der Waals surface area contributed by atoms with Crippen LogP contribution in [0.5, 0.6) is 0 Å². The normalized spacial score (nSPS) is 22.0. The summed E-state index contributed by atoms with van der Waals surface area (Å²) in [7, 11) is 0. The highest BCUT2D eigenvalue weighted by atomic mass is 35.5. The number of hydrogen-bond donors (Lipinski definition) is 2. The van der Waals surface area contributed by atoms with Crippen LogP contribution < -0.4 is 10.6 Å². The Morgan fingerprint density at radius 3 is 2.67 bits per heavy atom. The van der Waals surface area contributed by atoms with Crippen molar-refractivity contribution in [3.05, 3.63) is 34.9 Å². The van der Waals surface area contributed by atoms with E-state index < -0.39 is 5.97 Å². The van der Waals surface area contributed by atoms with Crippen LogP contribution in [-0.4, -0.2) is 37.0 Å². The van der Waals surface area contributed by atoms with Crippen molar-refractivity contribution in [1.29, 1.82) is 0 Å². The summed E-state index contributed by atoms with van der Waals surface area (Å²) in [5.74, 6) is -0.178. The molecule has 0 spiro atoms. The summed E-state index contributed by atoms with van der Waals surface area (Å²) in [6.45, 7) is 4.15. The second kappa shape index (κ2) is 10.3. The summed E-state index contributed by atoms with van der Waals surface area (Å²) in [6.07, 6.45) is 3.23. The van der Waals surface area contributed by atoms with E-state index in [9.17, 15) is 14.4 Å². The number of rotatable bonds is 7. The highest BCUT2D eigenvalue weighted by molar-refractivity contribution is 6.33. The van der Waals surface area contributed by atoms with Crippen LogP contribution in [-0.2, 0) is 14.3 Å². The van der Waals surface area contributed by atoms with Gasteiger partial charge >= 0.3 is 5.97 Å². The molecule has 0 bridgehead atoms. The van der Waals surface area contributed by atoms with Gasteiger partial charge in [0.25, 0.3) is 11.8 Å². The van der Waals surface area contributed by atoms with Crippen LogP contribution in [0.15, 0.2) is 24.3 Å². The van der Waals surface area contributed by atoms with Gasteiger partial charge < -0.3 is 15.4 Å². The number of amides is 2. The van der Waals surface area contributed by atoms with Crippen LogP contribution in [0.2, 0.25) is 5.02 Å². The van der Waals surface area contributed by atoms with E-state index in [0.717, 1.165) is 12.8 Å². The molecule has 3 atom stereocenters. The number of benzene rings is 1. The number of esters is 1. The molecular formula is C20H27ClN2O4. The average Bonchev–Trinajstić information content (AvgIpc) is 2.64. The molecular weight excluding hydrogens is 368 g/mol. The van der Waals surface area contributed by atoms with Gasteiger partial charge in [0.15, 0.2) is 6.61 Å². The fourth-order valence-electron chi connectivity index (χ4n) is 3.27. The molecule has 2 rings (SSSR count). The Labute approximate surface area is 165 Å². The minimum atomic E-state index is -0.533. The predicted molar refractivity (Wildman–Crippen MR) is 103 cm³/mol. The Bertz CT molecular complexity index is 680. The number of nitrogens with one attached hydrogen (secondary N) is 2. The highest BCUT2D eigenvalue weighted by Gasteiger charge is 2.28. The van der Waals surface area contributed by atoms with Crippen LogP contribution in [0.1, 0.15) is 49.9 Å². The zero-order valence-corrected chi connectivity index (χ0v) is 16.6. The lowest BCUT2D eigenvalue weighted by atomic mass is 9.78. The highest BCUT2D eigenvalue weighted by Crippen LogP contribution is 2.29. The molecule has 1 aliphatic rings. The largest absolute Gasteiger partial charge is 0.456 e. The van der Waals surface area contributed by atoms with Gasteiger partial charge in [-0.1, -0.05) is 50.4 Å². The summed E-state index contributed by atoms with van der Waals surface area (Å²) in [5.41, 5.74) is 0.350. The molecule has 0 aliphatic heterocycles. The van der Waals surface area contributed by atoms with E-state index in [1.165, 1.54) is 6.42 Å². The van der Waals surface area contributed by atoms with Crippen LogP contribution in [0.4, 0.5) is 0 Å². The fourth-order valence-corrected chi connectivity index (χ4v) is 3.49. The monoisotopic (exact) mass is 394 g/mol. The average molecular weight is 395 g/mol. The maximum atomic E-state index is 12.0. The molecule has 0 saturated heterocycles. The van der Waals surface area contributed by atoms with E-state index in [-0.39, 0.29) is 37.4 Å². The molecule has 1 aromatic carbocycles. The second-order valence-electron chi connectivity index (χ2n) is 7.09. The molecule has 0 unspecified atom stereocenters. The summed E-state index contributed by atoms with van der Waals surface area (Å²) in [6, 6.07) is 6.80. The maximum absolute atomic E-state index is 12.0. The van der Waals surface area contributed by atoms with E-state index in [1.54, 1.807) is 24.3 Å². The quantitative estimate of drug-likeness (QED) is 0.696. The third-order valence-electron chi connectivity index (χ3n) is 5.15. The molecule has 27 heavy (non-hydrogen) atoms. The van der Waals surface area contributed by atoms with Crippen LogP contribution in [0.25, 0.3) is 0 Å². The van der Waals surface area contributed by atoms with Crippen molar-refractivity contribution in [1.82, 2.24) is 10.6 Å². The number of halogens is 1. The molecule has 1 aliphatic carbocycles. The van der Waals surface area contributed by atoms with Gasteiger partial charge in [-0.3, -0.25) is 14.4 Å². The molecule has 7 heteroatoms. The van der Waals surface area contributed by atoms with E-state index in [0.29, 0.717) is 22.4 Å². The lowest BCUT2D eigenvalue weighted by molar-refractivity contribution is -0.148. The maximum Gasteiger partial charge on any atom is 0.308 e. The zero-order chi connectivity index (χ0) is 19.8. The first-order chi connectivity index (χ1) is 12.9. The summed E-state index contributed by atoms with van der Waals surface area (Å²) < 4.78 is 4.99. The molecule has 148 valence electrons. The van der Waals surface area contributed by atoms with Gasteiger partial charge in [-0.2, -0.15) is 0 Å². The first-order valence-corrected chi connectivity index (χ1v) is 9.74. The van der Waals surface area contributed by atoms with Crippen molar-refractivity contribution < 1.29 is 19.1 Å². The molecule has 1 aromatic rings. The third kappa shape index (κ3) is 6.54. The van der Waals surface area contributed by atoms with E-state index >= 15 is 0 Å². The lowest BCUT2D eigenvalue weighted by Gasteiger charge is -2.34. The Morgan fingerprint density at radius 2 is 1.93 bits per heavy atom. The van der Waals surface area contributed by atoms with Crippen LogP contribution in [0.3, 0.4) is 0 Å². The van der Waals surface area contributed by atoms with Gasteiger partial charge in [-0.25, -0.2) is 0 Å². The Hall–Kier alpha value is -2.08. The topological polar surface area (TPSA) is 84.5 Å². The predicted octanol–water partition coefficient (Wildman–Crippen LogP) is 2.94. The van der Waals surface area contributed by atoms with Crippen molar-refractivity contribution in [2.24, 2.45) is 11.8 Å². The van der Waals surface area contributed by atoms with Gasteiger partial charge in [-0.15, -0.1) is 0 Å². The first-order valence-electron chi connectivity index (χ1n) is 9.36. The van der Waals surface area contributed by atoms with Gasteiger partial charge in [0.1, 0.15) is 0 Å². The molecule has 0 radical (unpaired) electrons. The Balaban J connectivity index is 1.65. The van der Waals surface area contributed by atoms with Gasteiger partial charge in [-0.05, 0) is 30.4 Å². The smallest absolute Gasteiger partial charge is 0.308 e. The summed E-state index contributed by atoms with van der Waals surface area (Å²) >= 11 is 5.95.